The summed E-state index contributed by atoms with van der Waals surface area (Å²) in [7, 11) is 0. The van der Waals surface area contributed by atoms with Crippen LogP contribution in [0.15, 0.2) is 0 Å². The van der Waals surface area contributed by atoms with Crippen LogP contribution in [0.4, 0.5) is 3.09 Å². The fourth-order valence-corrected chi connectivity index (χ4v) is 1.16. The molecule has 8 heteroatoms. The Kier molecular flexibility index (Phi) is 53.8. The van der Waals surface area contributed by atoms with Crippen molar-refractivity contribution in [1.82, 2.24) is 16.0 Å². The first-order valence-electron chi connectivity index (χ1n) is 4.94. The van der Waals surface area contributed by atoms with Crippen LogP contribution in [-0.4, -0.2) is 52.4 Å². The van der Waals surface area contributed by atoms with Gasteiger partial charge >= 0.3 is 24.1 Å². The van der Waals surface area contributed by atoms with E-state index < -0.39 is 0 Å². The summed E-state index contributed by atoms with van der Waals surface area (Å²) in [6, 6.07) is 0. The summed E-state index contributed by atoms with van der Waals surface area (Å²) in [4.78, 5) is 0. The van der Waals surface area contributed by atoms with Crippen molar-refractivity contribution in [2.75, 3.05) is 52.4 Å². The van der Waals surface area contributed by atoms with Gasteiger partial charge in [-0.1, -0.05) is 0 Å². The first-order chi connectivity index (χ1) is 7.00. The van der Waals surface area contributed by atoms with Crippen LogP contribution >= 0.6 is 24.8 Å². The molecule has 0 aromatic carbocycles. The summed E-state index contributed by atoms with van der Waals surface area (Å²) in [5.41, 5.74) is 0. The average molecular weight is 341 g/mol. The third-order valence-corrected chi connectivity index (χ3v) is 1.85. The number of hydrogen-bond donors (Lipinski definition) is 3. The molecule has 0 unspecified atom stereocenters. The minimum absolute atomic E-state index is 0. The van der Waals surface area contributed by atoms with Crippen LogP contribution in [0.1, 0.15) is 0 Å². The average Bonchev–Trinajstić information content (AvgIpc) is 2.22. The van der Waals surface area contributed by atoms with Crippen molar-refractivity contribution in [2.45, 2.75) is 0 Å². The fourth-order valence-electron chi connectivity index (χ4n) is 1.16. The van der Waals surface area contributed by atoms with E-state index in [-0.39, 0.29) is 39.7 Å². The zero-order valence-corrected chi connectivity index (χ0v) is 14.5. The van der Waals surface area contributed by atoms with E-state index in [1.807, 2.05) is 0 Å². The molecule has 1 aliphatic heterocycles. The molecule has 0 saturated carbocycles. The number of hydrogen-bond acceptors (Lipinski definition) is 3. The Bertz CT molecular complexity index is 74.9. The zero-order chi connectivity index (χ0) is 10.5. The monoisotopic (exact) mass is 340 g/mol. The molecule has 0 bridgehead atoms. The normalized spacial score (nSPS) is 16.4. The van der Waals surface area contributed by atoms with Crippen LogP contribution in [0.5, 0.6) is 0 Å². The molecule has 1 heterocycles. The molecule has 1 rings (SSSR count). The van der Waals surface area contributed by atoms with Gasteiger partial charge in [0.05, 0.1) is 0 Å². The second-order valence-electron chi connectivity index (χ2n) is 2.92. The Hall–Kier alpha value is 1.06. The SMILES string of the molecule is C1CNCCNCCNCC[N-]1.Cl.Cl.[CH3-].[CH3-].[F][Ti+3]. The van der Waals surface area contributed by atoms with Crippen molar-refractivity contribution in [2.24, 2.45) is 0 Å². The van der Waals surface area contributed by atoms with Crippen LogP contribution in [0.25, 0.3) is 5.32 Å². The molecule has 1 aliphatic rings. The number of nitrogens with zero attached hydrogens (tertiary/aromatic N) is 1. The molecular weight excluding hydrogens is 314 g/mol. The molecular formula is C10H27Cl2FN4Ti. The Labute approximate surface area is 137 Å². The predicted octanol–water partition coefficient (Wildman–Crippen LogP) is 1.30. The topological polar surface area (TPSA) is 50.2 Å². The van der Waals surface area contributed by atoms with E-state index in [2.05, 4.69) is 21.3 Å². The molecule has 0 aromatic heterocycles. The summed E-state index contributed by atoms with van der Waals surface area (Å²) >= 11 is 0.500. The van der Waals surface area contributed by atoms with Crippen molar-refractivity contribution in [3.8, 4) is 0 Å². The number of halogens is 3. The van der Waals surface area contributed by atoms with Crippen molar-refractivity contribution < 1.29 is 24.1 Å². The van der Waals surface area contributed by atoms with E-state index >= 15 is 0 Å². The van der Waals surface area contributed by atoms with Crippen LogP contribution in [0, 0.1) is 14.9 Å². The fraction of sp³-hybridized carbons (Fsp3) is 0.800. The molecule has 1 fully saturated rings. The molecule has 0 radical (unpaired) electrons. The third-order valence-electron chi connectivity index (χ3n) is 1.85. The van der Waals surface area contributed by atoms with Gasteiger partial charge < -0.3 is 36.1 Å². The van der Waals surface area contributed by atoms with Gasteiger partial charge in [0.25, 0.3) is 0 Å². The van der Waals surface area contributed by atoms with Crippen molar-refractivity contribution in [3.63, 3.8) is 0 Å². The van der Waals surface area contributed by atoms with Gasteiger partial charge in [-0.3, -0.25) is 0 Å². The molecule has 0 aliphatic carbocycles. The van der Waals surface area contributed by atoms with E-state index in [1.165, 1.54) is 0 Å². The van der Waals surface area contributed by atoms with Gasteiger partial charge in [0, 0.05) is 26.2 Å². The van der Waals surface area contributed by atoms with Gasteiger partial charge in [-0.2, -0.15) is 0 Å². The predicted molar refractivity (Wildman–Crippen MR) is 80.1 cm³/mol. The second kappa shape index (κ2) is 30.8. The Morgan fingerprint density at radius 1 is 0.667 bits per heavy atom. The van der Waals surface area contributed by atoms with Crippen molar-refractivity contribution >= 4 is 24.8 Å². The Morgan fingerprint density at radius 2 is 0.944 bits per heavy atom. The summed E-state index contributed by atoms with van der Waals surface area (Å²) in [5.74, 6) is 0. The number of rotatable bonds is 0. The van der Waals surface area contributed by atoms with Crippen LogP contribution in [0.2, 0.25) is 0 Å². The van der Waals surface area contributed by atoms with Crippen LogP contribution < -0.4 is 16.0 Å². The van der Waals surface area contributed by atoms with Gasteiger partial charge in [0.2, 0.25) is 0 Å². The Morgan fingerprint density at radius 3 is 1.28 bits per heavy atom. The molecule has 18 heavy (non-hydrogen) atoms. The maximum absolute atomic E-state index is 9.50. The molecule has 0 spiro atoms. The quantitative estimate of drug-likeness (QED) is 0.460. The van der Waals surface area contributed by atoms with Gasteiger partial charge in [-0.25, -0.2) is 0 Å². The van der Waals surface area contributed by atoms with Gasteiger partial charge in [-0.05, 0) is 13.1 Å². The second-order valence-corrected chi connectivity index (χ2v) is 2.92. The van der Waals surface area contributed by atoms with E-state index in [0.717, 1.165) is 52.4 Å². The first kappa shape index (κ1) is 31.5. The van der Waals surface area contributed by atoms with E-state index in [1.54, 1.807) is 0 Å². The molecule has 4 nitrogen and oxygen atoms in total. The summed E-state index contributed by atoms with van der Waals surface area (Å²) in [5, 5.41) is 14.4. The van der Waals surface area contributed by atoms with Crippen LogP contribution in [-0.2, 0) is 21.0 Å². The molecule has 0 amide bonds. The van der Waals surface area contributed by atoms with Crippen molar-refractivity contribution in [3.05, 3.63) is 20.2 Å². The van der Waals surface area contributed by atoms with E-state index in [4.69, 9.17) is 0 Å². The number of nitrogens with one attached hydrogen (secondary N) is 3. The van der Waals surface area contributed by atoms with E-state index in [0.29, 0.717) is 21.0 Å². The van der Waals surface area contributed by atoms with Gasteiger partial charge in [0.15, 0.2) is 0 Å². The molecule has 1 saturated heterocycles. The first-order valence-corrected chi connectivity index (χ1v) is 5.53. The van der Waals surface area contributed by atoms with Gasteiger partial charge in [0.1, 0.15) is 0 Å². The summed E-state index contributed by atoms with van der Waals surface area (Å²) in [6.45, 7) is 8.14. The van der Waals surface area contributed by atoms with E-state index in [9.17, 15) is 3.09 Å². The molecule has 0 aromatic rings. The molecule has 0 atom stereocenters. The summed E-state index contributed by atoms with van der Waals surface area (Å²) in [6.07, 6.45) is 0. The Balaban J connectivity index is -0.0000000894. The molecule has 3 N–H and O–H groups in total. The van der Waals surface area contributed by atoms with Crippen molar-refractivity contribution in [1.29, 1.82) is 0 Å². The summed E-state index contributed by atoms with van der Waals surface area (Å²) < 4.78 is 9.50. The van der Waals surface area contributed by atoms with Crippen LogP contribution in [0.3, 0.4) is 0 Å². The van der Waals surface area contributed by atoms with Gasteiger partial charge in [-0.15, -0.1) is 37.9 Å². The maximum atomic E-state index is 9.50. The third kappa shape index (κ3) is 25.8. The molecule has 112 valence electrons. The zero-order valence-electron chi connectivity index (χ0n) is 11.3. The standard InChI is InChI=1S/C8H19N4.2CH3.2ClH.FH.Ti/c1-2-10-5-6-12-8-7-11-4-3-9-1;;;;;;/h9-11H,1-8H2;2*1H3;3*1H;/q3*-1;;;;+4/p-1. The minimum atomic E-state index is 0.